The van der Waals surface area contributed by atoms with Gasteiger partial charge in [-0.25, -0.2) is 4.98 Å². The van der Waals surface area contributed by atoms with Crippen LogP contribution in [0.4, 0.5) is 0 Å². The molecule has 6 heteroatoms. The van der Waals surface area contributed by atoms with E-state index in [1.807, 2.05) is 0 Å². The van der Waals surface area contributed by atoms with E-state index < -0.39 is 0 Å². The lowest BCUT2D eigenvalue weighted by Crippen LogP contribution is -2.00. The fourth-order valence-electron chi connectivity index (χ4n) is 2.06. The molecule has 0 unspecified atom stereocenters. The average Bonchev–Trinajstić information content (AvgIpc) is 2.95. The molecule has 0 spiro atoms. The number of hydrogen-bond acceptors (Lipinski definition) is 4. The maximum atomic E-state index is 5.30. The molecule has 0 radical (unpaired) electrons. The van der Waals surface area contributed by atoms with E-state index in [9.17, 15) is 0 Å². The summed E-state index contributed by atoms with van der Waals surface area (Å²) in [6.07, 6.45) is 4.14. The summed E-state index contributed by atoms with van der Waals surface area (Å²) < 4.78 is 2.78. The van der Waals surface area contributed by atoms with E-state index in [1.165, 1.54) is 9.88 Å². The molecular formula is C13H20N4S2. The Labute approximate surface area is 122 Å². The van der Waals surface area contributed by atoms with Gasteiger partial charge < -0.3 is 0 Å². The zero-order valence-corrected chi connectivity index (χ0v) is 13.3. The largest absolute Gasteiger partial charge is 0.299 e. The molecule has 0 saturated carbocycles. The molecular weight excluding hydrogens is 276 g/mol. The zero-order valence-electron chi connectivity index (χ0n) is 11.7. The van der Waals surface area contributed by atoms with Gasteiger partial charge >= 0.3 is 0 Å². The molecule has 0 aliphatic heterocycles. The topological polar surface area (TPSA) is 46.5 Å². The highest BCUT2D eigenvalue weighted by molar-refractivity contribution is 7.71. The van der Waals surface area contributed by atoms with E-state index in [0.29, 0.717) is 4.77 Å². The highest BCUT2D eigenvalue weighted by atomic mass is 32.1. The fourth-order valence-corrected chi connectivity index (χ4v) is 3.53. The van der Waals surface area contributed by atoms with Crippen molar-refractivity contribution in [1.29, 1.82) is 0 Å². The molecule has 2 aromatic rings. The van der Waals surface area contributed by atoms with Crippen molar-refractivity contribution in [2.45, 2.75) is 53.0 Å². The lowest BCUT2D eigenvalue weighted by Gasteiger charge is -2.03. The van der Waals surface area contributed by atoms with E-state index in [1.54, 1.807) is 11.3 Å². The van der Waals surface area contributed by atoms with Crippen LogP contribution in [0.3, 0.4) is 0 Å². The average molecular weight is 296 g/mol. The first-order chi connectivity index (χ1) is 9.21. The lowest BCUT2D eigenvalue weighted by molar-refractivity contribution is 0.675. The van der Waals surface area contributed by atoms with Crippen molar-refractivity contribution in [3.63, 3.8) is 0 Å². The first-order valence-corrected chi connectivity index (χ1v) is 8.07. The molecule has 104 valence electrons. The van der Waals surface area contributed by atoms with Gasteiger partial charge in [0.25, 0.3) is 0 Å². The van der Waals surface area contributed by atoms with E-state index in [4.69, 9.17) is 17.2 Å². The minimum absolute atomic E-state index is 0.698. The van der Waals surface area contributed by atoms with Crippen molar-refractivity contribution in [2.24, 2.45) is 0 Å². The molecule has 0 amide bonds. The molecule has 2 heterocycles. The van der Waals surface area contributed by atoms with Gasteiger partial charge in [-0.05, 0) is 37.9 Å². The van der Waals surface area contributed by atoms with Crippen molar-refractivity contribution < 1.29 is 0 Å². The van der Waals surface area contributed by atoms with Crippen LogP contribution in [0.15, 0.2) is 0 Å². The Morgan fingerprint density at radius 3 is 2.68 bits per heavy atom. The Morgan fingerprint density at radius 2 is 2.05 bits per heavy atom. The van der Waals surface area contributed by atoms with Crippen LogP contribution in [-0.4, -0.2) is 19.7 Å². The summed E-state index contributed by atoms with van der Waals surface area (Å²) in [6.45, 7) is 7.36. The van der Waals surface area contributed by atoms with Gasteiger partial charge in [0.2, 0.25) is 0 Å². The van der Waals surface area contributed by atoms with Crippen LogP contribution < -0.4 is 0 Å². The van der Waals surface area contributed by atoms with Crippen molar-refractivity contribution in [1.82, 2.24) is 19.7 Å². The number of rotatable bonds is 6. The Hall–Kier alpha value is -1.01. The second-order valence-electron chi connectivity index (χ2n) is 4.49. The second kappa shape index (κ2) is 6.43. The van der Waals surface area contributed by atoms with E-state index in [0.717, 1.165) is 43.7 Å². The smallest absolute Gasteiger partial charge is 0.195 e. The quantitative estimate of drug-likeness (QED) is 0.820. The van der Waals surface area contributed by atoms with Crippen LogP contribution in [0.2, 0.25) is 0 Å². The second-order valence-corrected chi connectivity index (χ2v) is 5.96. The van der Waals surface area contributed by atoms with Crippen molar-refractivity contribution in [3.8, 4) is 10.7 Å². The van der Waals surface area contributed by atoms with Crippen LogP contribution >= 0.6 is 23.6 Å². The molecule has 4 nitrogen and oxygen atoms in total. The molecule has 0 aromatic carbocycles. The van der Waals surface area contributed by atoms with Gasteiger partial charge in [0, 0.05) is 6.54 Å². The number of aromatic amines is 1. The van der Waals surface area contributed by atoms with E-state index >= 15 is 0 Å². The van der Waals surface area contributed by atoms with Gasteiger partial charge in [0.05, 0.1) is 15.6 Å². The van der Waals surface area contributed by atoms with Crippen LogP contribution in [0.1, 0.15) is 44.3 Å². The first-order valence-electron chi connectivity index (χ1n) is 6.85. The molecule has 1 N–H and O–H groups in total. The zero-order chi connectivity index (χ0) is 13.8. The maximum Gasteiger partial charge on any atom is 0.195 e. The lowest BCUT2D eigenvalue weighted by atomic mass is 10.3. The molecule has 0 saturated heterocycles. The predicted octanol–water partition coefficient (Wildman–Crippen LogP) is 3.99. The molecule has 0 bridgehead atoms. The van der Waals surface area contributed by atoms with Gasteiger partial charge in [-0.3, -0.25) is 9.67 Å². The molecule has 0 aliphatic rings. The minimum Gasteiger partial charge on any atom is -0.299 e. The summed E-state index contributed by atoms with van der Waals surface area (Å²) >= 11 is 7.06. The summed E-state index contributed by atoms with van der Waals surface area (Å²) in [5.41, 5.74) is 1.14. The van der Waals surface area contributed by atoms with Gasteiger partial charge in [-0.2, -0.15) is 5.10 Å². The monoisotopic (exact) mass is 296 g/mol. The van der Waals surface area contributed by atoms with Gasteiger partial charge in [0.1, 0.15) is 0 Å². The summed E-state index contributed by atoms with van der Waals surface area (Å²) in [6, 6.07) is 0. The molecule has 2 rings (SSSR count). The molecule has 19 heavy (non-hydrogen) atoms. The summed E-state index contributed by atoms with van der Waals surface area (Å²) in [5.74, 6) is 0.948. The highest BCUT2D eigenvalue weighted by Gasteiger charge is 2.17. The number of aromatic nitrogens is 4. The number of nitrogens with zero attached hydrogens (tertiary/aromatic N) is 3. The van der Waals surface area contributed by atoms with Gasteiger partial charge in [-0.15, -0.1) is 11.3 Å². The van der Waals surface area contributed by atoms with Crippen LogP contribution in [0, 0.1) is 4.77 Å². The Balaban J connectivity index is 2.48. The maximum absolute atomic E-state index is 5.30. The van der Waals surface area contributed by atoms with Crippen LogP contribution in [-0.2, 0) is 19.4 Å². The Morgan fingerprint density at radius 1 is 1.26 bits per heavy atom. The standard InChI is InChI=1S/C13H20N4S2/c1-4-7-10-14-9(6-3)11(19-10)12-15-16-13(18)17(12)8-5-2/h4-8H2,1-3H3,(H,16,18). The van der Waals surface area contributed by atoms with Crippen molar-refractivity contribution >= 4 is 23.6 Å². The number of H-pyrrole nitrogens is 1. The molecule has 0 atom stereocenters. The third-order valence-corrected chi connectivity index (χ3v) is 4.41. The minimum atomic E-state index is 0.698. The van der Waals surface area contributed by atoms with E-state index in [2.05, 4.69) is 35.5 Å². The SMILES string of the molecule is CCCc1nc(CC)c(-c2n[nH]c(=S)n2CCC)s1. The normalized spacial score (nSPS) is 11.1. The first kappa shape index (κ1) is 14.4. The molecule has 2 aromatic heterocycles. The van der Waals surface area contributed by atoms with E-state index in [-0.39, 0.29) is 0 Å². The summed E-state index contributed by atoms with van der Waals surface area (Å²) in [5, 5.41) is 8.51. The van der Waals surface area contributed by atoms with Gasteiger partial charge in [-0.1, -0.05) is 20.8 Å². The van der Waals surface area contributed by atoms with Crippen LogP contribution in [0.25, 0.3) is 10.7 Å². The molecule has 0 aliphatic carbocycles. The van der Waals surface area contributed by atoms with Crippen molar-refractivity contribution in [3.05, 3.63) is 15.5 Å². The Bertz CT molecular complexity index is 594. The predicted molar refractivity (Wildman–Crippen MR) is 82.2 cm³/mol. The molecule has 0 fully saturated rings. The number of hydrogen-bond donors (Lipinski definition) is 1. The highest BCUT2D eigenvalue weighted by Crippen LogP contribution is 2.30. The van der Waals surface area contributed by atoms with Crippen molar-refractivity contribution in [2.75, 3.05) is 0 Å². The van der Waals surface area contributed by atoms with Gasteiger partial charge in [0.15, 0.2) is 10.6 Å². The summed E-state index contributed by atoms with van der Waals surface area (Å²) in [7, 11) is 0. The van der Waals surface area contributed by atoms with Crippen LogP contribution in [0.5, 0.6) is 0 Å². The Kier molecular flexibility index (Phi) is 4.87. The fraction of sp³-hybridized carbons (Fsp3) is 0.615. The number of nitrogens with one attached hydrogen (secondary N) is 1. The third-order valence-electron chi connectivity index (χ3n) is 2.95. The summed E-state index contributed by atoms with van der Waals surface area (Å²) in [4.78, 5) is 5.90. The third kappa shape index (κ3) is 2.95. The number of thiazole rings is 1. The number of aryl methyl sites for hydroxylation is 2.